The van der Waals surface area contributed by atoms with Gasteiger partial charge in [0.15, 0.2) is 0 Å². The third-order valence-corrected chi connectivity index (χ3v) is 5.45. The highest BCUT2D eigenvalue weighted by molar-refractivity contribution is 7.89. The summed E-state index contributed by atoms with van der Waals surface area (Å²) in [4.78, 5) is 11.3. The van der Waals surface area contributed by atoms with Gasteiger partial charge >= 0.3 is 0 Å². The van der Waals surface area contributed by atoms with E-state index in [9.17, 15) is 18.3 Å². The molecule has 0 unspecified atom stereocenters. The van der Waals surface area contributed by atoms with E-state index in [4.69, 9.17) is 0 Å². The number of benzene rings is 2. The van der Waals surface area contributed by atoms with Gasteiger partial charge in [0, 0.05) is 0 Å². The summed E-state index contributed by atoms with van der Waals surface area (Å²) in [6.07, 6.45) is -0.0201. The van der Waals surface area contributed by atoms with Gasteiger partial charge in [0.05, 0.1) is 23.7 Å². The topological polar surface area (TPSA) is 112 Å². The number of nitrogens with one attached hydrogen (secondary N) is 1. The molecule has 9 heteroatoms. The summed E-state index contributed by atoms with van der Waals surface area (Å²) in [7, 11) is -4.09. The van der Waals surface area contributed by atoms with Crippen LogP contribution in [0.15, 0.2) is 53.4 Å². The van der Waals surface area contributed by atoms with Crippen LogP contribution >= 0.6 is 11.7 Å². The molecule has 0 aliphatic heterocycles. The Hall–Kier alpha value is -2.36. The van der Waals surface area contributed by atoms with E-state index in [0.29, 0.717) is 11.1 Å². The van der Waals surface area contributed by atoms with Gasteiger partial charge in [-0.15, -0.1) is 0 Å². The van der Waals surface area contributed by atoms with E-state index < -0.39 is 22.0 Å². The average molecular weight is 362 g/mol. The number of carbonyl (C=O) groups excluding carboxylic acids is 1. The zero-order valence-electron chi connectivity index (χ0n) is 12.2. The molecule has 124 valence electrons. The molecule has 0 saturated carbocycles. The maximum atomic E-state index is 12.6. The molecule has 0 amide bonds. The molecule has 3 aromatic rings. The molecule has 0 bridgehead atoms. The molecular weight excluding hydrogens is 350 g/mol. The second-order valence-corrected chi connectivity index (χ2v) is 7.28. The molecule has 0 spiro atoms. The van der Waals surface area contributed by atoms with Gasteiger partial charge < -0.3 is 9.90 Å². The van der Waals surface area contributed by atoms with Crippen molar-refractivity contribution < 1.29 is 18.3 Å². The molecule has 3 rings (SSSR count). The summed E-state index contributed by atoms with van der Waals surface area (Å²) in [6.45, 7) is 0. The van der Waals surface area contributed by atoms with E-state index in [1.807, 2.05) is 0 Å². The van der Waals surface area contributed by atoms with Crippen molar-refractivity contribution in [1.82, 2.24) is 13.5 Å². The van der Waals surface area contributed by atoms with E-state index in [-0.39, 0.29) is 16.8 Å². The van der Waals surface area contributed by atoms with Crippen molar-refractivity contribution in [2.75, 3.05) is 0 Å². The predicted molar refractivity (Wildman–Crippen MR) is 86.7 cm³/mol. The van der Waals surface area contributed by atoms with Gasteiger partial charge in [-0.25, -0.2) is 13.1 Å². The van der Waals surface area contributed by atoms with Crippen molar-refractivity contribution in [3.63, 3.8) is 0 Å². The first kappa shape index (κ1) is 16.5. The summed E-state index contributed by atoms with van der Waals surface area (Å²) in [5.41, 5.74) is 1.34. The SMILES string of the molecule is O=C([O-])[C@@H](Cc1ccccc1)NS(=O)(=O)c1cccc2nsnc12. The highest BCUT2D eigenvalue weighted by atomic mass is 32.2. The van der Waals surface area contributed by atoms with Crippen molar-refractivity contribution in [2.24, 2.45) is 0 Å². The lowest BCUT2D eigenvalue weighted by Crippen LogP contribution is -2.49. The van der Waals surface area contributed by atoms with Crippen molar-refractivity contribution in [2.45, 2.75) is 17.4 Å². The van der Waals surface area contributed by atoms with Crippen molar-refractivity contribution in [3.05, 3.63) is 54.1 Å². The molecule has 1 atom stereocenters. The number of aromatic nitrogens is 2. The number of carbonyl (C=O) groups is 1. The third kappa shape index (κ3) is 3.42. The minimum absolute atomic E-state index is 0.0201. The molecule has 1 heterocycles. The molecule has 2 aromatic carbocycles. The van der Waals surface area contributed by atoms with Crippen LogP contribution in [0.5, 0.6) is 0 Å². The van der Waals surface area contributed by atoms with Crippen molar-refractivity contribution >= 4 is 38.8 Å². The molecule has 0 aliphatic rings. The highest BCUT2D eigenvalue weighted by Crippen LogP contribution is 2.21. The quantitative estimate of drug-likeness (QED) is 0.676. The minimum atomic E-state index is -4.09. The van der Waals surface area contributed by atoms with Gasteiger partial charge in [-0.2, -0.15) is 8.75 Å². The molecule has 1 aromatic heterocycles. The maximum absolute atomic E-state index is 12.6. The Morgan fingerprint density at radius 2 is 1.88 bits per heavy atom. The number of aliphatic carboxylic acids is 1. The van der Waals surface area contributed by atoms with Crippen LogP contribution in [0.3, 0.4) is 0 Å². The first-order valence-corrected chi connectivity index (χ1v) is 9.17. The molecule has 0 aliphatic carbocycles. The Morgan fingerprint density at radius 1 is 1.12 bits per heavy atom. The van der Waals surface area contributed by atoms with Crippen LogP contribution in [0.2, 0.25) is 0 Å². The number of nitrogens with zero attached hydrogens (tertiary/aromatic N) is 2. The van der Waals surface area contributed by atoms with Crippen molar-refractivity contribution in [1.29, 1.82) is 0 Å². The Balaban J connectivity index is 1.91. The number of fused-ring (bicyclic) bond motifs is 1. The molecule has 0 fully saturated rings. The van der Waals surface area contributed by atoms with Gasteiger partial charge in [-0.05, 0) is 24.1 Å². The average Bonchev–Trinajstić information content (AvgIpc) is 3.03. The van der Waals surface area contributed by atoms with Gasteiger partial charge in [0.1, 0.15) is 15.9 Å². The number of hydrogen-bond acceptors (Lipinski definition) is 7. The first-order valence-electron chi connectivity index (χ1n) is 6.96. The fourth-order valence-corrected chi connectivity index (χ4v) is 4.22. The van der Waals surface area contributed by atoms with Gasteiger partial charge in [-0.3, -0.25) is 0 Å². The normalized spacial score (nSPS) is 13.0. The van der Waals surface area contributed by atoms with E-state index in [0.717, 1.165) is 11.7 Å². The molecule has 24 heavy (non-hydrogen) atoms. The minimum Gasteiger partial charge on any atom is -0.548 e. The molecular formula is C15H12N3O4S2-. The first-order chi connectivity index (χ1) is 11.5. The number of carboxylic acid groups (broad SMARTS) is 1. The highest BCUT2D eigenvalue weighted by Gasteiger charge is 2.24. The Bertz CT molecular complexity index is 971. The summed E-state index contributed by atoms with van der Waals surface area (Å²) in [6, 6.07) is 11.9. The molecule has 0 saturated heterocycles. The lowest BCUT2D eigenvalue weighted by molar-refractivity contribution is -0.307. The van der Waals surface area contributed by atoms with Crippen LogP contribution in [0.1, 0.15) is 5.56 Å². The second-order valence-electron chi connectivity index (χ2n) is 5.07. The number of carboxylic acids is 1. The standard InChI is InChI=1S/C15H13N3O4S2/c19-15(20)12(9-10-5-2-1-3-6-10)18-24(21,22)13-8-4-7-11-14(13)17-23-16-11/h1-8,12,18H,9H2,(H,19,20)/p-1/t12-/m1/s1. The lowest BCUT2D eigenvalue weighted by Gasteiger charge is -2.20. The van der Waals surface area contributed by atoms with Crippen LogP contribution in [0.25, 0.3) is 11.0 Å². The molecule has 1 N–H and O–H groups in total. The van der Waals surface area contributed by atoms with E-state index in [1.54, 1.807) is 36.4 Å². The fraction of sp³-hybridized carbons (Fsp3) is 0.133. The van der Waals surface area contributed by atoms with Gasteiger partial charge in [0.2, 0.25) is 10.0 Å². The van der Waals surface area contributed by atoms with Crippen LogP contribution < -0.4 is 9.83 Å². The van der Waals surface area contributed by atoms with E-state index in [1.165, 1.54) is 12.1 Å². The largest absolute Gasteiger partial charge is 0.548 e. The summed E-state index contributed by atoms with van der Waals surface area (Å²) < 4.78 is 35.3. The van der Waals surface area contributed by atoms with Gasteiger partial charge in [0.25, 0.3) is 0 Å². The second kappa shape index (κ2) is 6.63. The van der Waals surface area contributed by atoms with Gasteiger partial charge in [-0.1, -0.05) is 36.4 Å². The summed E-state index contributed by atoms with van der Waals surface area (Å²) in [5, 5.41) is 11.4. The van der Waals surface area contributed by atoms with E-state index in [2.05, 4.69) is 13.5 Å². The zero-order chi connectivity index (χ0) is 17.2. The number of hydrogen-bond donors (Lipinski definition) is 1. The Morgan fingerprint density at radius 3 is 2.58 bits per heavy atom. The van der Waals surface area contributed by atoms with Crippen LogP contribution in [-0.2, 0) is 21.2 Å². The van der Waals surface area contributed by atoms with Crippen LogP contribution in [-0.4, -0.2) is 29.2 Å². The maximum Gasteiger partial charge on any atom is 0.243 e. The van der Waals surface area contributed by atoms with Crippen LogP contribution in [0, 0.1) is 0 Å². The monoisotopic (exact) mass is 362 g/mol. The summed E-state index contributed by atoms with van der Waals surface area (Å²) >= 11 is 0.890. The fourth-order valence-electron chi connectivity index (χ4n) is 2.27. The number of sulfonamides is 1. The predicted octanol–water partition coefficient (Wildman–Crippen LogP) is 0.331. The zero-order valence-corrected chi connectivity index (χ0v) is 13.9. The molecule has 0 radical (unpaired) electrons. The van der Waals surface area contributed by atoms with E-state index >= 15 is 0 Å². The van der Waals surface area contributed by atoms with Crippen molar-refractivity contribution in [3.8, 4) is 0 Å². The summed E-state index contributed by atoms with van der Waals surface area (Å²) in [5.74, 6) is -1.49. The third-order valence-electron chi connectivity index (χ3n) is 3.40. The Kier molecular flexibility index (Phi) is 4.56. The molecule has 7 nitrogen and oxygen atoms in total. The lowest BCUT2D eigenvalue weighted by atomic mass is 10.1. The van der Waals surface area contributed by atoms with Crippen LogP contribution in [0.4, 0.5) is 0 Å². The Labute approximate surface area is 142 Å². The smallest absolute Gasteiger partial charge is 0.243 e. The number of rotatable bonds is 6.